The first kappa shape index (κ1) is 19.7. The molecule has 0 radical (unpaired) electrons. The molecule has 0 aliphatic heterocycles. The normalized spacial score (nSPS) is 11.9. The second kappa shape index (κ2) is 9.71. The number of carbonyl (C=O) groups excluding carboxylic acids is 2. The number of carbonyl (C=O) groups is 2. The molecule has 23 heavy (non-hydrogen) atoms. The summed E-state index contributed by atoms with van der Waals surface area (Å²) in [5, 5.41) is 0. The van der Waals surface area contributed by atoms with Gasteiger partial charge in [0.25, 0.3) is 5.91 Å². The fourth-order valence-electron chi connectivity index (χ4n) is 2.37. The van der Waals surface area contributed by atoms with E-state index in [1.165, 1.54) is 0 Å². The van der Waals surface area contributed by atoms with Gasteiger partial charge >= 0.3 is 5.97 Å². The Balaban J connectivity index is 3.22. The second-order valence-corrected chi connectivity index (χ2v) is 6.85. The summed E-state index contributed by atoms with van der Waals surface area (Å²) in [4.78, 5) is 26.7. The van der Waals surface area contributed by atoms with E-state index in [4.69, 9.17) is 4.74 Å². The summed E-state index contributed by atoms with van der Waals surface area (Å²) >= 11 is 3.51. The van der Waals surface area contributed by atoms with Crippen molar-refractivity contribution in [3.63, 3.8) is 0 Å². The molecule has 1 amide bonds. The monoisotopic (exact) mass is 383 g/mol. The molecule has 0 aliphatic rings. The van der Waals surface area contributed by atoms with Crippen molar-refractivity contribution in [1.82, 2.24) is 4.90 Å². The summed E-state index contributed by atoms with van der Waals surface area (Å²) < 4.78 is 5.07. The summed E-state index contributed by atoms with van der Waals surface area (Å²) in [6, 6.07) is 5.26. The van der Waals surface area contributed by atoms with E-state index in [1.54, 1.807) is 19.1 Å². The van der Waals surface area contributed by atoms with Gasteiger partial charge in [-0.3, -0.25) is 4.79 Å². The zero-order valence-corrected chi connectivity index (χ0v) is 16.0. The molecular formula is C18H26BrNO3. The predicted octanol–water partition coefficient (Wildman–Crippen LogP) is 4.58. The highest BCUT2D eigenvalue weighted by molar-refractivity contribution is 9.09. The average Bonchev–Trinajstić information content (AvgIpc) is 2.53. The van der Waals surface area contributed by atoms with E-state index in [-0.39, 0.29) is 10.7 Å². The Morgan fingerprint density at radius 3 is 2.13 bits per heavy atom. The first-order valence-electron chi connectivity index (χ1n) is 8.19. The van der Waals surface area contributed by atoms with E-state index in [0.29, 0.717) is 17.7 Å². The molecule has 4 nitrogen and oxygen atoms in total. The highest BCUT2D eigenvalue weighted by Gasteiger charge is 2.19. The lowest BCUT2D eigenvalue weighted by atomic mass is 10.0. The van der Waals surface area contributed by atoms with Crippen LogP contribution in [0.2, 0.25) is 0 Å². The molecule has 0 bridgehead atoms. The van der Waals surface area contributed by atoms with Crippen LogP contribution in [0.5, 0.6) is 0 Å². The molecule has 0 fully saturated rings. The Bertz CT molecular complexity index is 537. The van der Waals surface area contributed by atoms with Crippen LogP contribution in [-0.2, 0) is 4.74 Å². The van der Waals surface area contributed by atoms with Crippen molar-refractivity contribution in [3.05, 3.63) is 34.9 Å². The number of hydrogen-bond donors (Lipinski definition) is 0. The number of rotatable bonds is 8. The number of benzene rings is 1. The van der Waals surface area contributed by atoms with Crippen molar-refractivity contribution >= 4 is 27.8 Å². The van der Waals surface area contributed by atoms with Gasteiger partial charge in [0, 0.05) is 23.5 Å². The van der Waals surface area contributed by atoms with Gasteiger partial charge in [-0.05, 0) is 50.5 Å². The smallest absolute Gasteiger partial charge is 0.338 e. The van der Waals surface area contributed by atoms with Crippen molar-refractivity contribution in [2.45, 2.75) is 45.4 Å². The van der Waals surface area contributed by atoms with Crippen LogP contribution in [0.1, 0.15) is 71.6 Å². The third-order valence-corrected chi connectivity index (χ3v) is 3.98. The van der Waals surface area contributed by atoms with E-state index >= 15 is 0 Å². The lowest BCUT2D eigenvalue weighted by Gasteiger charge is -2.22. The van der Waals surface area contributed by atoms with Crippen LogP contribution in [0, 0.1) is 0 Å². The second-order valence-electron chi connectivity index (χ2n) is 5.47. The quantitative estimate of drug-likeness (QED) is 0.487. The lowest BCUT2D eigenvalue weighted by Crippen LogP contribution is -2.32. The maximum absolute atomic E-state index is 12.8. The SMILES string of the molecule is CCCN(CCC)C(=O)c1cc(C(=O)OCC)cc(C(C)Br)c1. The minimum absolute atomic E-state index is 0.0331. The van der Waals surface area contributed by atoms with Crippen LogP contribution in [0.15, 0.2) is 18.2 Å². The molecule has 0 spiro atoms. The summed E-state index contributed by atoms with van der Waals surface area (Å²) in [6.45, 7) is 9.59. The van der Waals surface area contributed by atoms with Gasteiger partial charge in [-0.2, -0.15) is 0 Å². The van der Waals surface area contributed by atoms with Crippen molar-refractivity contribution in [3.8, 4) is 0 Å². The van der Waals surface area contributed by atoms with Crippen LogP contribution in [0.4, 0.5) is 0 Å². The Morgan fingerprint density at radius 1 is 1.09 bits per heavy atom. The minimum atomic E-state index is -0.394. The van der Waals surface area contributed by atoms with Gasteiger partial charge in [0.05, 0.1) is 12.2 Å². The van der Waals surface area contributed by atoms with E-state index in [9.17, 15) is 9.59 Å². The maximum Gasteiger partial charge on any atom is 0.338 e. The van der Waals surface area contributed by atoms with Gasteiger partial charge in [-0.25, -0.2) is 4.79 Å². The van der Waals surface area contributed by atoms with E-state index in [2.05, 4.69) is 29.8 Å². The first-order chi connectivity index (χ1) is 10.9. The molecule has 5 heteroatoms. The fraction of sp³-hybridized carbons (Fsp3) is 0.556. The minimum Gasteiger partial charge on any atom is -0.462 e. The van der Waals surface area contributed by atoms with Gasteiger partial charge in [-0.1, -0.05) is 29.8 Å². The van der Waals surface area contributed by atoms with Gasteiger partial charge < -0.3 is 9.64 Å². The van der Waals surface area contributed by atoms with Crippen molar-refractivity contribution in [2.75, 3.05) is 19.7 Å². The highest BCUT2D eigenvalue weighted by atomic mass is 79.9. The Labute approximate surface area is 147 Å². The molecule has 0 saturated carbocycles. The standard InChI is InChI=1S/C18H26BrNO3/c1-5-8-20(9-6-2)17(21)15-10-14(13(4)19)11-16(12-15)18(22)23-7-3/h10-13H,5-9H2,1-4H3. The predicted molar refractivity (Wildman–Crippen MR) is 96.2 cm³/mol. The van der Waals surface area contributed by atoms with Crippen molar-refractivity contribution < 1.29 is 14.3 Å². The van der Waals surface area contributed by atoms with Crippen LogP contribution >= 0.6 is 15.9 Å². The van der Waals surface area contributed by atoms with Crippen molar-refractivity contribution in [2.24, 2.45) is 0 Å². The third-order valence-electron chi connectivity index (χ3n) is 3.45. The molecule has 0 aromatic heterocycles. The molecule has 1 unspecified atom stereocenters. The largest absolute Gasteiger partial charge is 0.462 e. The lowest BCUT2D eigenvalue weighted by molar-refractivity contribution is 0.0526. The Hall–Kier alpha value is -1.36. The van der Waals surface area contributed by atoms with Crippen LogP contribution in [-0.4, -0.2) is 36.5 Å². The molecule has 0 saturated heterocycles. The highest BCUT2D eigenvalue weighted by Crippen LogP contribution is 2.25. The number of halogens is 1. The fourth-order valence-corrected chi connectivity index (χ4v) is 2.64. The van der Waals surface area contributed by atoms with Crippen LogP contribution in [0.3, 0.4) is 0 Å². The van der Waals surface area contributed by atoms with Gasteiger partial charge in [0.15, 0.2) is 0 Å². The molecule has 1 aromatic rings. The first-order valence-corrected chi connectivity index (χ1v) is 9.11. The number of alkyl halides is 1. The molecule has 128 valence electrons. The molecular weight excluding hydrogens is 358 g/mol. The van der Waals surface area contributed by atoms with Crippen molar-refractivity contribution in [1.29, 1.82) is 0 Å². The number of nitrogens with zero attached hydrogens (tertiary/aromatic N) is 1. The van der Waals surface area contributed by atoms with Crippen LogP contribution < -0.4 is 0 Å². The third kappa shape index (κ3) is 5.65. The molecule has 1 rings (SSSR count). The van der Waals surface area contributed by atoms with E-state index in [1.807, 2.05) is 17.9 Å². The van der Waals surface area contributed by atoms with Gasteiger partial charge in [0.1, 0.15) is 0 Å². The summed E-state index contributed by atoms with van der Waals surface area (Å²) in [6.07, 6.45) is 1.82. The summed E-state index contributed by atoms with van der Waals surface area (Å²) in [5.74, 6) is -0.427. The number of esters is 1. The Morgan fingerprint density at radius 2 is 1.65 bits per heavy atom. The molecule has 1 aromatic carbocycles. The van der Waals surface area contributed by atoms with Gasteiger partial charge in [0.2, 0.25) is 0 Å². The zero-order valence-electron chi connectivity index (χ0n) is 14.4. The number of ether oxygens (including phenoxy) is 1. The molecule has 0 heterocycles. The van der Waals surface area contributed by atoms with E-state index < -0.39 is 5.97 Å². The van der Waals surface area contributed by atoms with E-state index in [0.717, 1.165) is 31.5 Å². The molecule has 0 N–H and O–H groups in total. The molecule has 0 aliphatic carbocycles. The zero-order chi connectivity index (χ0) is 17.4. The summed E-state index contributed by atoms with van der Waals surface area (Å²) in [7, 11) is 0. The molecule has 1 atom stereocenters. The Kier molecular flexibility index (Phi) is 8.31. The maximum atomic E-state index is 12.8. The van der Waals surface area contributed by atoms with Gasteiger partial charge in [-0.15, -0.1) is 0 Å². The topological polar surface area (TPSA) is 46.6 Å². The number of hydrogen-bond acceptors (Lipinski definition) is 3. The summed E-state index contributed by atoms with van der Waals surface area (Å²) in [5.41, 5.74) is 1.86. The van der Waals surface area contributed by atoms with Crippen LogP contribution in [0.25, 0.3) is 0 Å². The average molecular weight is 384 g/mol. The number of amides is 1.